The van der Waals surface area contributed by atoms with Crippen LogP contribution in [-0.2, 0) is 11.2 Å². The van der Waals surface area contributed by atoms with Gasteiger partial charge in [0.05, 0.1) is 0 Å². The van der Waals surface area contributed by atoms with Gasteiger partial charge < -0.3 is 5.11 Å². The van der Waals surface area contributed by atoms with Crippen molar-refractivity contribution in [2.45, 2.75) is 97.3 Å². The largest absolute Gasteiger partial charge is 0.481 e. The Balaban J connectivity index is 0.00000103. The molecule has 2 heteroatoms. The summed E-state index contributed by atoms with van der Waals surface area (Å²) in [6.45, 7) is 3.38. The van der Waals surface area contributed by atoms with Gasteiger partial charge in [-0.2, -0.15) is 0 Å². The van der Waals surface area contributed by atoms with E-state index in [1.807, 2.05) is 0 Å². The molecular formula is C28H42O2. The Labute approximate surface area is 184 Å². The molecule has 166 valence electrons. The second-order valence-corrected chi connectivity index (χ2v) is 8.18. The van der Waals surface area contributed by atoms with Crippen LogP contribution in [0.25, 0.3) is 11.1 Å². The molecule has 2 nitrogen and oxygen atoms in total. The van der Waals surface area contributed by atoms with Crippen molar-refractivity contribution in [2.75, 3.05) is 0 Å². The van der Waals surface area contributed by atoms with E-state index in [2.05, 4.69) is 61.5 Å². The van der Waals surface area contributed by atoms with Gasteiger partial charge in [0.15, 0.2) is 0 Å². The van der Waals surface area contributed by atoms with Crippen LogP contribution in [0.3, 0.4) is 0 Å². The van der Waals surface area contributed by atoms with Gasteiger partial charge in [-0.15, -0.1) is 0 Å². The van der Waals surface area contributed by atoms with Gasteiger partial charge in [-0.3, -0.25) is 4.79 Å². The maximum atomic E-state index is 9.00. The molecule has 0 aliphatic heterocycles. The summed E-state index contributed by atoms with van der Waals surface area (Å²) in [6, 6.07) is 19.7. The molecule has 0 aliphatic carbocycles. The number of hydrogen-bond donors (Lipinski definition) is 1. The summed E-state index contributed by atoms with van der Waals surface area (Å²) in [7, 11) is 0. The average Bonchev–Trinajstić information content (AvgIpc) is 2.75. The second-order valence-electron chi connectivity index (χ2n) is 8.18. The zero-order valence-electron chi connectivity index (χ0n) is 19.2. The molecule has 1 N–H and O–H groups in total. The highest BCUT2D eigenvalue weighted by Crippen LogP contribution is 2.25. The maximum absolute atomic E-state index is 9.00. The SMILES string of the molecule is CC(=O)O.CCCCCCCCCCCCCCc1ccccc1-c1ccccc1. The lowest BCUT2D eigenvalue weighted by Crippen LogP contribution is -1.91. The number of aryl methyl sites for hydroxylation is 1. The summed E-state index contributed by atoms with van der Waals surface area (Å²) in [5.74, 6) is -0.833. The summed E-state index contributed by atoms with van der Waals surface area (Å²) >= 11 is 0. The molecule has 30 heavy (non-hydrogen) atoms. The van der Waals surface area contributed by atoms with E-state index in [1.165, 1.54) is 100 Å². The fraction of sp³-hybridized carbons (Fsp3) is 0.536. The van der Waals surface area contributed by atoms with E-state index >= 15 is 0 Å². The van der Waals surface area contributed by atoms with Crippen molar-refractivity contribution < 1.29 is 9.90 Å². The number of aliphatic carboxylic acids is 1. The maximum Gasteiger partial charge on any atom is 0.300 e. The van der Waals surface area contributed by atoms with Crippen molar-refractivity contribution in [3.63, 3.8) is 0 Å². The monoisotopic (exact) mass is 410 g/mol. The van der Waals surface area contributed by atoms with Gasteiger partial charge in [0.1, 0.15) is 0 Å². The Kier molecular flexibility index (Phi) is 15.3. The van der Waals surface area contributed by atoms with Crippen LogP contribution >= 0.6 is 0 Å². The van der Waals surface area contributed by atoms with Crippen molar-refractivity contribution in [1.29, 1.82) is 0 Å². The summed E-state index contributed by atoms with van der Waals surface area (Å²) in [6.07, 6.45) is 18.2. The topological polar surface area (TPSA) is 37.3 Å². The van der Waals surface area contributed by atoms with Crippen molar-refractivity contribution in [1.82, 2.24) is 0 Å². The van der Waals surface area contributed by atoms with E-state index in [1.54, 1.807) is 0 Å². The number of rotatable bonds is 14. The van der Waals surface area contributed by atoms with E-state index in [-0.39, 0.29) is 0 Å². The summed E-state index contributed by atoms with van der Waals surface area (Å²) < 4.78 is 0. The highest BCUT2D eigenvalue weighted by molar-refractivity contribution is 5.67. The Morgan fingerprint density at radius 1 is 0.667 bits per heavy atom. The predicted molar refractivity (Wildman–Crippen MR) is 130 cm³/mol. The molecule has 0 radical (unpaired) electrons. The van der Waals surface area contributed by atoms with Gasteiger partial charge in [0.25, 0.3) is 5.97 Å². The average molecular weight is 411 g/mol. The van der Waals surface area contributed by atoms with Crippen molar-refractivity contribution in [3.05, 3.63) is 60.2 Å². The van der Waals surface area contributed by atoms with Crippen LogP contribution in [0, 0.1) is 0 Å². The molecule has 0 spiro atoms. The smallest absolute Gasteiger partial charge is 0.300 e. The summed E-state index contributed by atoms with van der Waals surface area (Å²) in [4.78, 5) is 9.00. The highest BCUT2D eigenvalue weighted by Gasteiger charge is 2.03. The number of carboxylic acid groups (broad SMARTS) is 1. The molecule has 0 fully saturated rings. The molecule has 0 saturated carbocycles. The van der Waals surface area contributed by atoms with E-state index < -0.39 is 5.97 Å². The molecule has 2 aromatic carbocycles. The van der Waals surface area contributed by atoms with Gasteiger partial charge in [-0.05, 0) is 29.5 Å². The minimum Gasteiger partial charge on any atom is -0.481 e. The number of unbranched alkanes of at least 4 members (excludes halogenated alkanes) is 11. The van der Waals surface area contributed by atoms with E-state index in [9.17, 15) is 0 Å². The number of hydrogen-bond acceptors (Lipinski definition) is 1. The molecule has 2 aromatic rings. The van der Waals surface area contributed by atoms with Crippen LogP contribution in [0.1, 0.15) is 96.5 Å². The van der Waals surface area contributed by atoms with Crippen LogP contribution in [0.2, 0.25) is 0 Å². The minimum absolute atomic E-state index is 0.833. The van der Waals surface area contributed by atoms with Crippen molar-refractivity contribution in [2.24, 2.45) is 0 Å². The number of benzene rings is 2. The molecule has 0 unspecified atom stereocenters. The van der Waals surface area contributed by atoms with E-state index in [4.69, 9.17) is 9.90 Å². The lowest BCUT2D eigenvalue weighted by Gasteiger charge is -2.10. The molecule has 0 aromatic heterocycles. The van der Waals surface area contributed by atoms with Gasteiger partial charge in [0.2, 0.25) is 0 Å². The van der Waals surface area contributed by atoms with Crippen LogP contribution in [0.15, 0.2) is 54.6 Å². The fourth-order valence-corrected chi connectivity index (χ4v) is 3.79. The standard InChI is InChI=1S/C26H38.C2H4O2/c1-2-3-4-5-6-7-8-9-10-11-12-14-19-25-22-17-18-23-26(25)24-20-15-13-16-21-24;1-2(3)4/h13,15-18,20-23H,2-12,14,19H2,1H3;1H3,(H,3,4). The molecule has 0 heterocycles. The molecule has 2 rings (SSSR count). The summed E-state index contributed by atoms with van der Waals surface area (Å²) in [5.41, 5.74) is 4.27. The number of carboxylic acids is 1. The molecule has 0 amide bonds. The van der Waals surface area contributed by atoms with Gasteiger partial charge in [0, 0.05) is 6.92 Å². The Hall–Kier alpha value is -2.09. The lowest BCUT2D eigenvalue weighted by atomic mass is 9.95. The Morgan fingerprint density at radius 2 is 1.10 bits per heavy atom. The third-order valence-electron chi connectivity index (χ3n) is 5.40. The van der Waals surface area contributed by atoms with Gasteiger partial charge in [-0.1, -0.05) is 132 Å². The Bertz CT molecular complexity index is 659. The molecule has 0 bridgehead atoms. The third-order valence-corrected chi connectivity index (χ3v) is 5.40. The third kappa shape index (κ3) is 13.2. The number of carbonyl (C=O) groups is 1. The zero-order chi connectivity index (χ0) is 21.9. The molecular weight excluding hydrogens is 368 g/mol. The fourth-order valence-electron chi connectivity index (χ4n) is 3.79. The molecule has 0 atom stereocenters. The van der Waals surface area contributed by atoms with Gasteiger partial charge >= 0.3 is 0 Å². The van der Waals surface area contributed by atoms with Crippen LogP contribution in [0.4, 0.5) is 0 Å². The van der Waals surface area contributed by atoms with Crippen molar-refractivity contribution in [3.8, 4) is 11.1 Å². The first-order valence-corrected chi connectivity index (χ1v) is 12.0. The first kappa shape index (κ1) is 25.9. The predicted octanol–water partition coefficient (Wildman–Crippen LogP) is 8.69. The van der Waals surface area contributed by atoms with E-state index in [0.29, 0.717) is 0 Å². The van der Waals surface area contributed by atoms with Crippen LogP contribution in [-0.4, -0.2) is 11.1 Å². The first-order valence-electron chi connectivity index (χ1n) is 12.0. The minimum atomic E-state index is -0.833. The van der Waals surface area contributed by atoms with Crippen LogP contribution in [0.5, 0.6) is 0 Å². The summed E-state index contributed by atoms with van der Waals surface area (Å²) in [5, 5.41) is 7.42. The lowest BCUT2D eigenvalue weighted by molar-refractivity contribution is -0.134. The van der Waals surface area contributed by atoms with Gasteiger partial charge in [-0.25, -0.2) is 0 Å². The molecule has 0 aliphatic rings. The van der Waals surface area contributed by atoms with Crippen LogP contribution < -0.4 is 0 Å². The first-order chi connectivity index (χ1) is 14.6. The van der Waals surface area contributed by atoms with E-state index in [0.717, 1.165) is 6.92 Å². The quantitative estimate of drug-likeness (QED) is 0.316. The molecule has 0 saturated heterocycles. The Morgan fingerprint density at radius 3 is 1.63 bits per heavy atom. The normalized spacial score (nSPS) is 10.3. The zero-order valence-corrected chi connectivity index (χ0v) is 19.2. The van der Waals surface area contributed by atoms with Crippen molar-refractivity contribution >= 4 is 5.97 Å². The second kappa shape index (κ2) is 17.7. The highest BCUT2D eigenvalue weighted by atomic mass is 16.4.